The Hall–Kier alpha value is -1.00. The van der Waals surface area contributed by atoms with Crippen LogP contribution in [0.15, 0.2) is 6.20 Å². The molecule has 2 rings (SSSR count). The fourth-order valence-corrected chi connectivity index (χ4v) is 2.13. The lowest BCUT2D eigenvalue weighted by Gasteiger charge is -2.25. The van der Waals surface area contributed by atoms with Crippen LogP contribution in [0.1, 0.15) is 37.0 Å². The Labute approximate surface area is 103 Å². The topological polar surface area (TPSA) is 47.0 Å². The van der Waals surface area contributed by atoms with Crippen molar-refractivity contribution < 1.29 is 4.74 Å². The van der Waals surface area contributed by atoms with Crippen LogP contribution in [0.4, 0.5) is 0 Å². The van der Waals surface area contributed by atoms with Gasteiger partial charge in [0.1, 0.15) is 11.9 Å². The van der Waals surface area contributed by atoms with Gasteiger partial charge >= 0.3 is 0 Å². The average molecular weight is 235 g/mol. The smallest absolute Gasteiger partial charge is 0.125 e. The molecule has 2 heterocycles. The predicted molar refractivity (Wildman–Crippen MR) is 66.9 cm³/mol. The summed E-state index contributed by atoms with van der Waals surface area (Å²) in [7, 11) is 0. The lowest BCUT2D eigenvalue weighted by atomic mass is 10.00. The van der Waals surface area contributed by atoms with Crippen LogP contribution in [0.5, 0.6) is 0 Å². The number of aromatic nitrogens is 2. The van der Waals surface area contributed by atoms with Gasteiger partial charge in [-0.3, -0.25) is 0 Å². The molecule has 1 unspecified atom stereocenters. The summed E-state index contributed by atoms with van der Waals surface area (Å²) >= 11 is 0. The molecule has 1 aromatic rings. The van der Waals surface area contributed by atoms with E-state index in [1.165, 1.54) is 5.56 Å². The molecule has 0 radical (unpaired) electrons. The van der Waals surface area contributed by atoms with E-state index < -0.39 is 0 Å². The maximum absolute atomic E-state index is 5.79. The van der Waals surface area contributed by atoms with Crippen LogP contribution in [0, 0.1) is 12.8 Å². The van der Waals surface area contributed by atoms with E-state index in [9.17, 15) is 0 Å². The minimum Gasteiger partial charge on any atom is -0.369 e. The van der Waals surface area contributed by atoms with Crippen LogP contribution in [-0.2, 0) is 11.2 Å². The molecule has 0 spiro atoms. The highest BCUT2D eigenvalue weighted by molar-refractivity contribution is 5.21. The predicted octanol–water partition coefficient (Wildman–Crippen LogP) is 1.64. The van der Waals surface area contributed by atoms with Gasteiger partial charge < -0.3 is 10.1 Å². The van der Waals surface area contributed by atoms with E-state index in [0.717, 1.165) is 37.6 Å². The fourth-order valence-electron chi connectivity index (χ4n) is 2.13. The molecule has 0 aliphatic carbocycles. The Kier molecular flexibility index (Phi) is 4.07. The molecule has 0 amide bonds. The largest absolute Gasteiger partial charge is 0.369 e. The molecule has 4 nitrogen and oxygen atoms in total. The Morgan fingerprint density at radius 2 is 2.35 bits per heavy atom. The summed E-state index contributed by atoms with van der Waals surface area (Å²) in [6, 6.07) is 0. The van der Waals surface area contributed by atoms with Gasteiger partial charge in [0.25, 0.3) is 0 Å². The number of nitrogens with one attached hydrogen (secondary N) is 1. The van der Waals surface area contributed by atoms with Gasteiger partial charge in [0.2, 0.25) is 0 Å². The maximum atomic E-state index is 5.79. The Morgan fingerprint density at radius 3 is 3.00 bits per heavy atom. The molecule has 0 saturated carbocycles. The van der Waals surface area contributed by atoms with Crippen molar-refractivity contribution in [3.05, 3.63) is 23.3 Å². The molecule has 94 valence electrons. The van der Waals surface area contributed by atoms with Crippen LogP contribution in [-0.4, -0.2) is 29.7 Å². The number of rotatable bonds is 3. The van der Waals surface area contributed by atoms with E-state index >= 15 is 0 Å². The molecular formula is C13H21N3O. The van der Waals surface area contributed by atoms with Crippen molar-refractivity contribution >= 4 is 0 Å². The van der Waals surface area contributed by atoms with Gasteiger partial charge in [0.15, 0.2) is 0 Å². The number of morpholine rings is 1. The van der Waals surface area contributed by atoms with Crippen molar-refractivity contribution in [3.8, 4) is 0 Å². The van der Waals surface area contributed by atoms with E-state index in [2.05, 4.69) is 29.1 Å². The normalized spacial score (nSPS) is 20.8. The molecule has 1 aliphatic rings. The average Bonchev–Trinajstić information content (AvgIpc) is 2.32. The number of hydrogen-bond acceptors (Lipinski definition) is 4. The third kappa shape index (κ3) is 3.23. The van der Waals surface area contributed by atoms with Crippen molar-refractivity contribution in [2.24, 2.45) is 5.92 Å². The van der Waals surface area contributed by atoms with Crippen LogP contribution in [0.3, 0.4) is 0 Å². The molecule has 0 aromatic carbocycles. The van der Waals surface area contributed by atoms with Crippen LogP contribution >= 0.6 is 0 Å². The zero-order chi connectivity index (χ0) is 12.3. The standard InChI is InChI=1S/C13H21N3O/c1-9(2)6-11-7-15-10(3)16-13(11)12-8-14-4-5-17-12/h7,9,12,14H,4-6,8H2,1-3H3. The molecule has 4 heteroatoms. The first-order valence-electron chi connectivity index (χ1n) is 6.31. The van der Waals surface area contributed by atoms with Crippen LogP contribution in [0.2, 0.25) is 0 Å². The Bertz CT molecular complexity index is 373. The van der Waals surface area contributed by atoms with E-state index in [1.54, 1.807) is 0 Å². The summed E-state index contributed by atoms with van der Waals surface area (Å²) in [5, 5.41) is 3.35. The molecule has 1 saturated heterocycles. The minimum atomic E-state index is 0.0826. The third-order valence-electron chi connectivity index (χ3n) is 2.88. The van der Waals surface area contributed by atoms with Gasteiger partial charge in [-0.25, -0.2) is 9.97 Å². The molecule has 1 aliphatic heterocycles. The van der Waals surface area contributed by atoms with Crippen molar-refractivity contribution in [2.75, 3.05) is 19.7 Å². The number of aryl methyl sites for hydroxylation is 1. The maximum Gasteiger partial charge on any atom is 0.125 e. The highest BCUT2D eigenvalue weighted by Gasteiger charge is 2.21. The van der Waals surface area contributed by atoms with Gasteiger partial charge in [0.05, 0.1) is 12.3 Å². The summed E-state index contributed by atoms with van der Waals surface area (Å²) < 4.78 is 5.79. The molecule has 1 fully saturated rings. The molecule has 17 heavy (non-hydrogen) atoms. The summed E-state index contributed by atoms with van der Waals surface area (Å²) in [5.41, 5.74) is 2.29. The fraction of sp³-hybridized carbons (Fsp3) is 0.692. The van der Waals surface area contributed by atoms with E-state index in [0.29, 0.717) is 5.92 Å². The number of ether oxygens (including phenoxy) is 1. The first kappa shape index (κ1) is 12.5. The van der Waals surface area contributed by atoms with E-state index in [-0.39, 0.29) is 6.10 Å². The van der Waals surface area contributed by atoms with Crippen LogP contribution in [0.25, 0.3) is 0 Å². The lowest BCUT2D eigenvalue weighted by Crippen LogP contribution is -2.34. The molecule has 0 bridgehead atoms. The van der Waals surface area contributed by atoms with Gasteiger partial charge in [0, 0.05) is 19.3 Å². The molecular weight excluding hydrogens is 214 g/mol. The van der Waals surface area contributed by atoms with Crippen molar-refractivity contribution in [2.45, 2.75) is 33.3 Å². The SMILES string of the molecule is Cc1ncc(CC(C)C)c(C2CNCCO2)n1. The van der Waals surface area contributed by atoms with Gasteiger partial charge in [-0.2, -0.15) is 0 Å². The van der Waals surface area contributed by atoms with Gasteiger partial charge in [-0.15, -0.1) is 0 Å². The van der Waals surface area contributed by atoms with Gasteiger partial charge in [-0.1, -0.05) is 13.8 Å². The van der Waals surface area contributed by atoms with E-state index in [4.69, 9.17) is 4.74 Å². The first-order chi connectivity index (χ1) is 8.16. The molecule has 1 aromatic heterocycles. The van der Waals surface area contributed by atoms with Crippen molar-refractivity contribution in [1.29, 1.82) is 0 Å². The second kappa shape index (κ2) is 5.56. The molecule has 1 atom stereocenters. The van der Waals surface area contributed by atoms with Crippen molar-refractivity contribution in [3.63, 3.8) is 0 Å². The summed E-state index contributed by atoms with van der Waals surface area (Å²) in [6.07, 6.45) is 3.05. The van der Waals surface area contributed by atoms with Gasteiger partial charge in [-0.05, 0) is 24.8 Å². The number of hydrogen-bond donors (Lipinski definition) is 1. The highest BCUT2D eigenvalue weighted by Crippen LogP contribution is 2.22. The monoisotopic (exact) mass is 235 g/mol. The lowest BCUT2D eigenvalue weighted by molar-refractivity contribution is 0.0241. The highest BCUT2D eigenvalue weighted by atomic mass is 16.5. The number of nitrogens with zero attached hydrogens (tertiary/aromatic N) is 2. The van der Waals surface area contributed by atoms with E-state index in [1.807, 2.05) is 13.1 Å². The van der Waals surface area contributed by atoms with Crippen molar-refractivity contribution in [1.82, 2.24) is 15.3 Å². The minimum absolute atomic E-state index is 0.0826. The zero-order valence-electron chi connectivity index (χ0n) is 10.9. The zero-order valence-corrected chi connectivity index (χ0v) is 10.9. The molecule has 1 N–H and O–H groups in total. The second-order valence-electron chi connectivity index (χ2n) is 4.99. The second-order valence-corrected chi connectivity index (χ2v) is 4.99. The first-order valence-corrected chi connectivity index (χ1v) is 6.31. The summed E-state index contributed by atoms with van der Waals surface area (Å²) in [6.45, 7) is 8.89. The Balaban J connectivity index is 2.25. The quantitative estimate of drug-likeness (QED) is 0.865. The van der Waals surface area contributed by atoms with Crippen LogP contribution < -0.4 is 5.32 Å². The summed E-state index contributed by atoms with van der Waals surface area (Å²) in [4.78, 5) is 8.87. The third-order valence-corrected chi connectivity index (χ3v) is 2.88. The Morgan fingerprint density at radius 1 is 1.53 bits per heavy atom. The summed E-state index contributed by atoms with van der Waals surface area (Å²) in [5.74, 6) is 1.43.